The van der Waals surface area contributed by atoms with Crippen molar-refractivity contribution in [2.45, 2.75) is 26.7 Å². The minimum absolute atomic E-state index is 0.168. The van der Waals surface area contributed by atoms with Gasteiger partial charge in [-0.05, 0) is 12.3 Å². The first-order valence-electron chi connectivity index (χ1n) is 5.03. The highest BCUT2D eigenvalue weighted by Crippen LogP contribution is 2.10. The Morgan fingerprint density at radius 3 is 2.92 bits per heavy atom. The smallest absolute Gasteiger partial charge is 0.220 e. The molecule has 1 aliphatic rings. The summed E-state index contributed by atoms with van der Waals surface area (Å²) in [5, 5.41) is 2.94. The first-order chi connectivity index (χ1) is 6.18. The molecule has 1 rings (SSSR count). The number of amides is 1. The molecule has 1 atom stereocenters. The molecule has 1 amide bonds. The molecular formula is C10H19NO2. The standard InChI is InChI=1S/C10H19NO2/c1-8(2)5-10(12)11-6-9-3-4-13-7-9/h8-9H,3-7H2,1-2H3,(H,11,12)/t9-/m0/s1. The van der Waals surface area contributed by atoms with E-state index < -0.39 is 0 Å². The molecule has 0 aliphatic carbocycles. The van der Waals surface area contributed by atoms with Crippen LogP contribution in [0.2, 0.25) is 0 Å². The second kappa shape index (κ2) is 5.22. The van der Waals surface area contributed by atoms with Gasteiger partial charge in [-0.25, -0.2) is 0 Å². The van der Waals surface area contributed by atoms with Crippen molar-refractivity contribution < 1.29 is 9.53 Å². The second-order valence-corrected chi connectivity index (χ2v) is 4.13. The van der Waals surface area contributed by atoms with Crippen LogP contribution in [0.4, 0.5) is 0 Å². The molecule has 0 aromatic rings. The fourth-order valence-electron chi connectivity index (χ4n) is 1.45. The molecule has 1 saturated heterocycles. The van der Waals surface area contributed by atoms with Crippen LogP contribution < -0.4 is 5.32 Å². The number of rotatable bonds is 4. The molecule has 3 heteroatoms. The molecule has 0 aromatic heterocycles. The summed E-state index contributed by atoms with van der Waals surface area (Å²) in [6.07, 6.45) is 1.72. The zero-order valence-corrected chi connectivity index (χ0v) is 8.51. The van der Waals surface area contributed by atoms with E-state index in [2.05, 4.69) is 19.2 Å². The number of carbonyl (C=O) groups is 1. The highest BCUT2D eigenvalue weighted by molar-refractivity contribution is 5.76. The fourth-order valence-corrected chi connectivity index (χ4v) is 1.45. The summed E-state index contributed by atoms with van der Waals surface area (Å²) in [5.41, 5.74) is 0. The quantitative estimate of drug-likeness (QED) is 0.714. The van der Waals surface area contributed by atoms with Crippen molar-refractivity contribution in [3.05, 3.63) is 0 Å². The summed E-state index contributed by atoms with van der Waals surface area (Å²) in [6, 6.07) is 0. The van der Waals surface area contributed by atoms with Gasteiger partial charge in [-0.2, -0.15) is 0 Å². The number of hydrogen-bond acceptors (Lipinski definition) is 2. The lowest BCUT2D eigenvalue weighted by atomic mass is 10.1. The number of hydrogen-bond donors (Lipinski definition) is 1. The van der Waals surface area contributed by atoms with E-state index in [4.69, 9.17) is 4.74 Å². The Morgan fingerprint density at radius 2 is 2.38 bits per heavy atom. The zero-order valence-electron chi connectivity index (χ0n) is 8.51. The Bertz CT molecular complexity index is 162. The summed E-state index contributed by atoms with van der Waals surface area (Å²) >= 11 is 0. The summed E-state index contributed by atoms with van der Waals surface area (Å²) in [6.45, 7) is 6.55. The van der Waals surface area contributed by atoms with Gasteiger partial charge in [0, 0.05) is 25.5 Å². The van der Waals surface area contributed by atoms with Crippen LogP contribution in [0.1, 0.15) is 26.7 Å². The Balaban J connectivity index is 2.07. The molecule has 1 heterocycles. The van der Waals surface area contributed by atoms with E-state index in [1.807, 2.05) is 0 Å². The lowest BCUT2D eigenvalue weighted by Gasteiger charge is -2.10. The van der Waals surface area contributed by atoms with Crippen molar-refractivity contribution in [1.29, 1.82) is 0 Å². The van der Waals surface area contributed by atoms with Crippen LogP contribution in [-0.4, -0.2) is 25.7 Å². The molecule has 3 nitrogen and oxygen atoms in total. The van der Waals surface area contributed by atoms with E-state index in [-0.39, 0.29) is 5.91 Å². The third-order valence-electron chi connectivity index (χ3n) is 2.21. The monoisotopic (exact) mass is 185 g/mol. The Labute approximate surface area is 79.8 Å². The van der Waals surface area contributed by atoms with Crippen molar-refractivity contribution in [2.75, 3.05) is 19.8 Å². The first-order valence-corrected chi connectivity index (χ1v) is 5.03. The van der Waals surface area contributed by atoms with Gasteiger partial charge in [0.1, 0.15) is 0 Å². The topological polar surface area (TPSA) is 38.3 Å². The fraction of sp³-hybridized carbons (Fsp3) is 0.900. The van der Waals surface area contributed by atoms with E-state index >= 15 is 0 Å². The van der Waals surface area contributed by atoms with Crippen LogP contribution >= 0.6 is 0 Å². The average molecular weight is 185 g/mol. The van der Waals surface area contributed by atoms with Gasteiger partial charge in [0.15, 0.2) is 0 Å². The van der Waals surface area contributed by atoms with Crippen molar-refractivity contribution >= 4 is 5.91 Å². The highest BCUT2D eigenvalue weighted by atomic mass is 16.5. The van der Waals surface area contributed by atoms with Crippen molar-refractivity contribution in [3.8, 4) is 0 Å². The number of nitrogens with one attached hydrogen (secondary N) is 1. The maximum absolute atomic E-state index is 11.3. The largest absolute Gasteiger partial charge is 0.381 e. The van der Waals surface area contributed by atoms with Crippen LogP contribution in [-0.2, 0) is 9.53 Å². The van der Waals surface area contributed by atoms with Gasteiger partial charge in [0.05, 0.1) is 6.61 Å². The highest BCUT2D eigenvalue weighted by Gasteiger charge is 2.16. The molecule has 0 unspecified atom stereocenters. The van der Waals surface area contributed by atoms with E-state index in [1.165, 1.54) is 0 Å². The summed E-state index contributed by atoms with van der Waals surface area (Å²) in [4.78, 5) is 11.3. The van der Waals surface area contributed by atoms with Crippen LogP contribution in [0.3, 0.4) is 0 Å². The molecule has 76 valence electrons. The zero-order chi connectivity index (χ0) is 9.68. The van der Waals surface area contributed by atoms with Gasteiger partial charge in [-0.1, -0.05) is 13.8 Å². The third-order valence-corrected chi connectivity index (χ3v) is 2.21. The third kappa shape index (κ3) is 4.27. The first kappa shape index (κ1) is 10.5. The lowest BCUT2D eigenvalue weighted by Crippen LogP contribution is -2.30. The Hall–Kier alpha value is -0.570. The number of ether oxygens (including phenoxy) is 1. The van der Waals surface area contributed by atoms with E-state index in [9.17, 15) is 4.79 Å². The van der Waals surface area contributed by atoms with Gasteiger partial charge >= 0.3 is 0 Å². The van der Waals surface area contributed by atoms with E-state index in [1.54, 1.807) is 0 Å². The van der Waals surface area contributed by atoms with Crippen molar-refractivity contribution in [1.82, 2.24) is 5.32 Å². The molecule has 1 aliphatic heterocycles. The SMILES string of the molecule is CC(C)CC(=O)NC[C@@H]1CCOC1. The maximum Gasteiger partial charge on any atom is 0.220 e. The van der Waals surface area contributed by atoms with Crippen molar-refractivity contribution in [2.24, 2.45) is 11.8 Å². The molecule has 0 bridgehead atoms. The molecule has 0 aromatic carbocycles. The lowest BCUT2D eigenvalue weighted by molar-refractivity contribution is -0.121. The Morgan fingerprint density at radius 1 is 1.62 bits per heavy atom. The maximum atomic E-state index is 11.3. The van der Waals surface area contributed by atoms with Gasteiger partial charge < -0.3 is 10.1 Å². The molecule has 1 N–H and O–H groups in total. The van der Waals surface area contributed by atoms with E-state index in [0.29, 0.717) is 18.3 Å². The van der Waals surface area contributed by atoms with Crippen LogP contribution in [0.5, 0.6) is 0 Å². The molecule has 13 heavy (non-hydrogen) atoms. The molecule has 1 fully saturated rings. The minimum atomic E-state index is 0.168. The predicted octanol–water partition coefficient (Wildman–Crippen LogP) is 1.19. The Kier molecular flexibility index (Phi) is 4.22. The van der Waals surface area contributed by atoms with Crippen LogP contribution in [0.25, 0.3) is 0 Å². The second-order valence-electron chi connectivity index (χ2n) is 4.13. The predicted molar refractivity (Wildman–Crippen MR) is 51.4 cm³/mol. The average Bonchev–Trinajstić information content (AvgIpc) is 2.51. The minimum Gasteiger partial charge on any atom is -0.381 e. The van der Waals surface area contributed by atoms with Gasteiger partial charge in [0.2, 0.25) is 5.91 Å². The number of carbonyl (C=O) groups excluding carboxylic acids is 1. The summed E-state index contributed by atoms with van der Waals surface area (Å²) < 4.78 is 5.22. The van der Waals surface area contributed by atoms with E-state index in [0.717, 1.165) is 26.2 Å². The van der Waals surface area contributed by atoms with Crippen LogP contribution in [0, 0.1) is 11.8 Å². The molecule has 0 saturated carbocycles. The van der Waals surface area contributed by atoms with Gasteiger partial charge in [-0.3, -0.25) is 4.79 Å². The molecule has 0 radical (unpaired) electrons. The van der Waals surface area contributed by atoms with Crippen molar-refractivity contribution in [3.63, 3.8) is 0 Å². The van der Waals surface area contributed by atoms with Gasteiger partial charge in [-0.15, -0.1) is 0 Å². The summed E-state index contributed by atoms with van der Waals surface area (Å²) in [7, 11) is 0. The molecule has 0 spiro atoms. The van der Waals surface area contributed by atoms with Gasteiger partial charge in [0.25, 0.3) is 0 Å². The normalized spacial score (nSPS) is 22.2. The van der Waals surface area contributed by atoms with Crippen LogP contribution in [0.15, 0.2) is 0 Å². The summed E-state index contributed by atoms with van der Waals surface area (Å²) in [5.74, 6) is 1.15. The molecular weight excluding hydrogens is 166 g/mol.